The number of anilines is 2. The molecule has 1 atom stereocenters. The van der Waals surface area contributed by atoms with E-state index in [0.29, 0.717) is 37.0 Å². The molecule has 1 unspecified atom stereocenters. The fourth-order valence-corrected chi connectivity index (χ4v) is 1.59. The maximum absolute atomic E-state index is 9.58. The summed E-state index contributed by atoms with van der Waals surface area (Å²) in [4.78, 5) is 8.80. The number of nitrogen functional groups attached to an aromatic ring is 1. The number of nitrogens with one attached hydrogen (secondary N) is 2. The first kappa shape index (κ1) is 16.6. The van der Waals surface area contributed by atoms with Gasteiger partial charge in [0, 0.05) is 25.1 Å². The van der Waals surface area contributed by atoms with Crippen LogP contribution >= 0.6 is 0 Å². The second-order valence-corrected chi connectivity index (χ2v) is 5.68. The van der Waals surface area contributed by atoms with Crippen LogP contribution < -0.4 is 16.6 Å². The Morgan fingerprint density at radius 1 is 1.35 bits per heavy atom. The number of hydrogen-bond donors (Lipinski definition) is 4. The van der Waals surface area contributed by atoms with Gasteiger partial charge < -0.3 is 20.6 Å². The van der Waals surface area contributed by atoms with E-state index in [1.165, 1.54) is 0 Å². The third kappa shape index (κ3) is 5.28. The van der Waals surface area contributed by atoms with Crippen molar-refractivity contribution in [3.05, 3.63) is 11.9 Å². The summed E-state index contributed by atoms with van der Waals surface area (Å²) in [5.74, 6) is 7.37. The van der Waals surface area contributed by atoms with Crippen molar-refractivity contribution in [1.82, 2.24) is 9.97 Å². The summed E-state index contributed by atoms with van der Waals surface area (Å²) in [5.41, 5.74) is 2.37. The molecule has 0 saturated heterocycles. The molecule has 0 aliphatic heterocycles. The number of rotatable bonds is 7. The number of hydrazine groups is 1. The van der Waals surface area contributed by atoms with E-state index in [0.717, 1.165) is 0 Å². The van der Waals surface area contributed by atoms with Crippen LogP contribution in [-0.4, -0.2) is 41.4 Å². The van der Waals surface area contributed by atoms with Crippen LogP contribution in [0.25, 0.3) is 0 Å². The summed E-state index contributed by atoms with van der Waals surface area (Å²) in [6.07, 6.45) is 0.0946. The van der Waals surface area contributed by atoms with Gasteiger partial charge in [-0.05, 0) is 6.42 Å². The number of ether oxygens (including phenoxy) is 1. The molecule has 0 radical (unpaired) electrons. The molecule has 0 spiro atoms. The highest BCUT2D eigenvalue weighted by molar-refractivity contribution is 5.47. The van der Waals surface area contributed by atoms with Gasteiger partial charge in [0.25, 0.3) is 0 Å². The summed E-state index contributed by atoms with van der Waals surface area (Å²) in [5, 5.41) is 12.7. The van der Waals surface area contributed by atoms with Crippen molar-refractivity contribution in [1.29, 1.82) is 0 Å². The van der Waals surface area contributed by atoms with Crippen molar-refractivity contribution >= 4 is 11.6 Å². The molecule has 0 fully saturated rings. The Balaban J connectivity index is 2.70. The molecule has 5 N–H and O–H groups in total. The molecule has 114 valence electrons. The molecule has 0 aliphatic carbocycles. The van der Waals surface area contributed by atoms with Gasteiger partial charge >= 0.3 is 0 Å². The van der Waals surface area contributed by atoms with Gasteiger partial charge in [-0.25, -0.2) is 15.8 Å². The van der Waals surface area contributed by atoms with Gasteiger partial charge in [-0.15, -0.1) is 0 Å². The molecule has 0 saturated carbocycles. The van der Waals surface area contributed by atoms with Crippen LogP contribution in [0.4, 0.5) is 11.6 Å². The lowest BCUT2D eigenvalue weighted by molar-refractivity contribution is 0.0615. The number of aliphatic hydroxyl groups is 1. The third-order valence-electron chi connectivity index (χ3n) is 2.69. The van der Waals surface area contributed by atoms with E-state index in [1.54, 1.807) is 13.2 Å². The Hall–Kier alpha value is -1.44. The smallest absolute Gasteiger partial charge is 0.145 e. The van der Waals surface area contributed by atoms with Crippen molar-refractivity contribution in [3.8, 4) is 0 Å². The zero-order valence-electron chi connectivity index (χ0n) is 12.6. The van der Waals surface area contributed by atoms with Crippen molar-refractivity contribution in [2.45, 2.75) is 38.7 Å². The quantitative estimate of drug-likeness (QED) is 0.434. The standard InChI is InChI=1S/C13H25N5O2/c1-13(2,3)12-16-10(7-11(17-12)18-14)15-6-5-9(19)8-20-4/h7,9,19H,5-6,8,14H2,1-4H3,(H2,15,16,17,18). The molecule has 20 heavy (non-hydrogen) atoms. The maximum atomic E-state index is 9.58. The average molecular weight is 283 g/mol. The van der Waals surface area contributed by atoms with Crippen LogP contribution in [0.1, 0.15) is 33.0 Å². The lowest BCUT2D eigenvalue weighted by Gasteiger charge is -2.19. The Morgan fingerprint density at radius 3 is 2.55 bits per heavy atom. The van der Waals surface area contributed by atoms with Gasteiger partial charge in [-0.2, -0.15) is 0 Å². The zero-order chi connectivity index (χ0) is 15.2. The molecule has 1 aromatic rings. The second-order valence-electron chi connectivity index (χ2n) is 5.68. The predicted octanol–water partition coefficient (Wildman–Crippen LogP) is 0.869. The summed E-state index contributed by atoms with van der Waals surface area (Å²) in [6, 6.07) is 1.73. The second kappa shape index (κ2) is 7.37. The molecule has 7 nitrogen and oxygen atoms in total. The SMILES string of the molecule is COCC(O)CCNc1cc(NN)nc(C(C)(C)C)n1. The van der Waals surface area contributed by atoms with Gasteiger partial charge in [-0.3, -0.25) is 0 Å². The Bertz CT molecular complexity index is 420. The van der Waals surface area contributed by atoms with Crippen molar-refractivity contribution < 1.29 is 9.84 Å². The number of hydrogen-bond acceptors (Lipinski definition) is 7. The minimum absolute atomic E-state index is 0.168. The summed E-state index contributed by atoms with van der Waals surface area (Å²) < 4.78 is 4.88. The monoisotopic (exact) mass is 283 g/mol. The van der Waals surface area contributed by atoms with E-state index in [9.17, 15) is 5.11 Å². The van der Waals surface area contributed by atoms with Crippen LogP contribution in [0, 0.1) is 0 Å². The molecule has 1 rings (SSSR count). The minimum atomic E-state index is -0.483. The number of methoxy groups -OCH3 is 1. The first-order valence-corrected chi connectivity index (χ1v) is 6.64. The van der Waals surface area contributed by atoms with E-state index in [1.807, 2.05) is 20.8 Å². The van der Waals surface area contributed by atoms with Crippen molar-refractivity contribution in [3.63, 3.8) is 0 Å². The molecule has 0 bridgehead atoms. The van der Waals surface area contributed by atoms with Gasteiger partial charge in [0.15, 0.2) is 0 Å². The zero-order valence-corrected chi connectivity index (χ0v) is 12.6. The molecular formula is C13H25N5O2. The van der Waals surface area contributed by atoms with E-state index in [4.69, 9.17) is 10.6 Å². The number of aliphatic hydroxyl groups excluding tert-OH is 1. The molecule has 7 heteroatoms. The van der Waals surface area contributed by atoms with Crippen molar-refractivity contribution in [2.24, 2.45) is 5.84 Å². The van der Waals surface area contributed by atoms with Crippen LogP contribution in [0.15, 0.2) is 6.07 Å². The Morgan fingerprint density at radius 2 is 2.00 bits per heavy atom. The highest BCUT2D eigenvalue weighted by atomic mass is 16.5. The molecule has 0 aliphatic rings. The van der Waals surface area contributed by atoms with Gasteiger partial charge in [0.2, 0.25) is 0 Å². The van der Waals surface area contributed by atoms with Crippen LogP contribution in [0.5, 0.6) is 0 Å². The largest absolute Gasteiger partial charge is 0.391 e. The normalized spacial score (nSPS) is 13.1. The van der Waals surface area contributed by atoms with E-state index >= 15 is 0 Å². The van der Waals surface area contributed by atoms with E-state index in [-0.39, 0.29) is 5.41 Å². The van der Waals surface area contributed by atoms with E-state index in [2.05, 4.69) is 20.7 Å². The summed E-state index contributed by atoms with van der Waals surface area (Å²) in [6.45, 7) is 7.03. The fraction of sp³-hybridized carbons (Fsp3) is 0.692. The highest BCUT2D eigenvalue weighted by Gasteiger charge is 2.19. The molecule has 0 aromatic carbocycles. The van der Waals surface area contributed by atoms with Crippen LogP contribution in [0.2, 0.25) is 0 Å². The number of aromatic nitrogens is 2. The lowest BCUT2D eigenvalue weighted by Crippen LogP contribution is -2.21. The molecular weight excluding hydrogens is 258 g/mol. The van der Waals surface area contributed by atoms with Gasteiger partial charge in [-0.1, -0.05) is 20.8 Å². The predicted molar refractivity (Wildman–Crippen MR) is 79.5 cm³/mol. The molecule has 1 heterocycles. The highest BCUT2D eigenvalue weighted by Crippen LogP contribution is 2.21. The summed E-state index contributed by atoms with van der Waals surface area (Å²) in [7, 11) is 1.57. The van der Waals surface area contributed by atoms with E-state index < -0.39 is 6.10 Å². The number of nitrogens with zero attached hydrogens (tertiary/aromatic N) is 2. The van der Waals surface area contributed by atoms with Gasteiger partial charge in [0.05, 0.1) is 12.7 Å². The topological polar surface area (TPSA) is 105 Å². The molecule has 0 amide bonds. The molecule has 1 aromatic heterocycles. The van der Waals surface area contributed by atoms with Gasteiger partial charge in [0.1, 0.15) is 17.5 Å². The van der Waals surface area contributed by atoms with Crippen molar-refractivity contribution in [2.75, 3.05) is 31.0 Å². The Labute approximate surface area is 119 Å². The summed E-state index contributed by atoms with van der Waals surface area (Å²) >= 11 is 0. The lowest BCUT2D eigenvalue weighted by atomic mass is 9.96. The number of nitrogens with two attached hydrogens (primary N) is 1. The first-order chi connectivity index (χ1) is 9.36. The average Bonchev–Trinajstić information content (AvgIpc) is 2.37. The Kier molecular flexibility index (Phi) is 6.12. The maximum Gasteiger partial charge on any atom is 0.145 e. The first-order valence-electron chi connectivity index (χ1n) is 6.64. The van der Waals surface area contributed by atoms with Crippen LogP contribution in [0.3, 0.4) is 0 Å². The van der Waals surface area contributed by atoms with Crippen LogP contribution in [-0.2, 0) is 10.2 Å². The minimum Gasteiger partial charge on any atom is -0.391 e. The third-order valence-corrected chi connectivity index (χ3v) is 2.69. The fourth-order valence-electron chi connectivity index (χ4n) is 1.59.